The van der Waals surface area contributed by atoms with Crippen molar-refractivity contribution >= 4 is 16.1 Å². The molecule has 0 aromatic carbocycles. The summed E-state index contributed by atoms with van der Waals surface area (Å²) in [6, 6.07) is 6.80. The van der Waals surface area contributed by atoms with Crippen LogP contribution in [0.5, 0.6) is 0 Å². The first-order valence-electron chi connectivity index (χ1n) is 6.91. The molecule has 3 heterocycles. The van der Waals surface area contributed by atoms with Crippen LogP contribution in [0.1, 0.15) is 0 Å². The van der Waals surface area contributed by atoms with Crippen LogP contribution in [0.4, 0.5) is 5.95 Å². The van der Waals surface area contributed by atoms with Crippen LogP contribution in [0.3, 0.4) is 0 Å². The zero-order valence-corrected chi connectivity index (χ0v) is 14.3. The predicted molar refractivity (Wildman–Crippen MR) is 92.3 cm³/mol. The fourth-order valence-electron chi connectivity index (χ4n) is 1.96. The monoisotopic (exact) mass is 364 g/mol. The van der Waals surface area contributed by atoms with Crippen LogP contribution >= 0.6 is 0 Å². The van der Waals surface area contributed by atoms with E-state index in [4.69, 9.17) is 14.7 Å². The molecule has 0 bridgehead atoms. The molecule has 0 aliphatic carbocycles. The maximum atomic E-state index is 11.5. The molecule has 132 valence electrons. The molecule has 0 amide bonds. The highest BCUT2D eigenvalue weighted by Gasteiger charge is 2.13. The average molecular weight is 364 g/mol. The summed E-state index contributed by atoms with van der Waals surface area (Å²) >= 11 is 0. The number of nitrogens with two attached hydrogens (primary N) is 1. The van der Waals surface area contributed by atoms with Gasteiger partial charge in [-0.25, -0.2) is 9.97 Å². The van der Waals surface area contributed by atoms with Crippen LogP contribution in [0.2, 0.25) is 0 Å². The molecule has 0 atom stereocenters. The molecule has 25 heavy (non-hydrogen) atoms. The van der Waals surface area contributed by atoms with Gasteiger partial charge in [-0.05, 0) is 18.2 Å². The standard InChI is InChI=1S/C14H12N4O2.CH4O3S/c1-18-8-9(4-5-12(18)19)10-7-16-14(15)17-13(10)11-3-2-6-20-11;1-5(2,3)4/h2-8H,1H3,(H2,15,16,17);1H3,(H,2,3,4). The van der Waals surface area contributed by atoms with E-state index in [-0.39, 0.29) is 11.5 Å². The summed E-state index contributed by atoms with van der Waals surface area (Å²) in [5, 5.41) is 0. The van der Waals surface area contributed by atoms with E-state index in [1.54, 1.807) is 43.9 Å². The Bertz CT molecular complexity index is 1020. The number of nitrogen functional groups attached to an aromatic ring is 1. The van der Waals surface area contributed by atoms with Crippen molar-refractivity contribution in [2.45, 2.75) is 0 Å². The number of rotatable bonds is 2. The summed E-state index contributed by atoms with van der Waals surface area (Å²) in [6.07, 6.45) is 5.63. The van der Waals surface area contributed by atoms with Gasteiger partial charge in [0.05, 0.1) is 12.5 Å². The molecule has 10 heteroatoms. The molecule has 0 fully saturated rings. The van der Waals surface area contributed by atoms with Crippen molar-refractivity contribution in [2.24, 2.45) is 7.05 Å². The van der Waals surface area contributed by atoms with E-state index >= 15 is 0 Å². The Labute approximate surface area is 143 Å². The molecule has 0 unspecified atom stereocenters. The fourth-order valence-corrected chi connectivity index (χ4v) is 1.96. The van der Waals surface area contributed by atoms with Crippen LogP contribution in [-0.2, 0) is 17.2 Å². The van der Waals surface area contributed by atoms with Crippen molar-refractivity contribution in [1.29, 1.82) is 0 Å². The second-order valence-electron chi connectivity index (χ2n) is 5.07. The second kappa shape index (κ2) is 7.28. The number of pyridine rings is 1. The third-order valence-electron chi connectivity index (χ3n) is 2.96. The van der Waals surface area contributed by atoms with Gasteiger partial charge in [0, 0.05) is 36.6 Å². The van der Waals surface area contributed by atoms with Gasteiger partial charge in [-0.15, -0.1) is 0 Å². The maximum absolute atomic E-state index is 11.5. The smallest absolute Gasteiger partial charge is 0.261 e. The van der Waals surface area contributed by atoms with Crippen molar-refractivity contribution in [3.8, 4) is 22.6 Å². The second-order valence-corrected chi connectivity index (χ2v) is 6.53. The number of nitrogens with zero attached hydrogens (tertiary/aromatic N) is 3. The molecule has 0 radical (unpaired) electrons. The van der Waals surface area contributed by atoms with Gasteiger partial charge in [-0.2, -0.15) is 8.42 Å². The Morgan fingerprint density at radius 1 is 1.28 bits per heavy atom. The molecule has 0 spiro atoms. The molecule has 0 aliphatic rings. The number of anilines is 1. The normalized spacial score (nSPS) is 10.8. The maximum Gasteiger partial charge on any atom is 0.261 e. The van der Waals surface area contributed by atoms with Crippen LogP contribution in [-0.4, -0.2) is 33.8 Å². The van der Waals surface area contributed by atoms with Crippen molar-refractivity contribution in [3.05, 3.63) is 53.3 Å². The summed E-state index contributed by atoms with van der Waals surface area (Å²) in [5.41, 5.74) is 7.74. The highest BCUT2D eigenvalue weighted by Crippen LogP contribution is 2.29. The average Bonchev–Trinajstić information content (AvgIpc) is 3.03. The van der Waals surface area contributed by atoms with Gasteiger partial charge >= 0.3 is 0 Å². The lowest BCUT2D eigenvalue weighted by molar-refractivity contribution is 0.490. The third-order valence-corrected chi connectivity index (χ3v) is 2.96. The SMILES string of the molecule is CS(=O)(=O)O.Cn1cc(-c2cnc(N)nc2-c2ccco2)ccc1=O. The first-order valence-corrected chi connectivity index (χ1v) is 8.76. The number of furan rings is 1. The number of aromatic nitrogens is 3. The first kappa shape index (κ1) is 18.4. The number of hydrogen-bond acceptors (Lipinski definition) is 7. The van der Waals surface area contributed by atoms with E-state index in [1.807, 2.05) is 0 Å². The van der Waals surface area contributed by atoms with Crippen LogP contribution < -0.4 is 11.3 Å². The summed E-state index contributed by atoms with van der Waals surface area (Å²) in [5.74, 6) is 0.771. The summed E-state index contributed by atoms with van der Waals surface area (Å²) in [7, 11) is -1.98. The molecule has 3 N–H and O–H groups in total. The Morgan fingerprint density at radius 2 is 1.96 bits per heavy atom. The van der Waals surface area contributed by atoms with Crippen LogP contribution in [0, 0.1) is 0 Å². The lowest BCUT2D eigenvalue weighted by Gasteiger charge is -2.08. The molecule has 0 aliphatic heterocycles. The summed E-state index contributed by atoms with van der Waals surface area (Å²) in [4.78, 5) is 19.7. The van der Waals surface area contributed by atoms with Gasteiger partial charge in [0.2, 0.25) is 11.5 Å². The molecule has 9 nitrogen and oxygen atoms in total. The Hall–Kier alpha value is -2.98. The zero-order chi connectivity index (χ0) is 18.6. The van der Waals surface area contributed by atoms with Gasteiger partial charge in [-0.1, -0.05) is 0 Å². The van der Waals surface area contributed by atoms with E-state index in [2.05, 4.69) is 9.97 Å². The van der Waals surface area contributed by atoms with Gasteiger partial charge in [-0.3, -0.25) is 9.35 Å². The highest BCUT2D eigenvalue weighted by molar-refractivity contribution is 7.85. The van der Waals surface area contributed by atoms with E-state index < -0.39 is 10.1 Å². The van der Waals surface area contributed by atoms with Crippen molar-refractivity contribution in [2.75, 3.05) is 12.0 Å². The van der Waals surface area contributed by atoms with E-state index in [0.717, 1.165) is 11.1 Å². The Morgan fingerprint density at radius 3 is 2.52 bits per heavy atom. The lowest BCUT2D eigenvalue weighted by Crippen LogP contribution is -2.14. The van der Waals surface area contributed by atoms with Gasteiger partial charge in [0.15, 0.2) is 5.76 Å². The molecule has 0 saturated carbocycles. The van der Waals surface area contributed by atoms with Gasteiger partial charge in [0.1, 0.15) is 5.69 Å². The minimum atomic E-state index is -3.67. The van der Waals surface area contributed by atoms with E-state index in [1.165, 1.54) is 10.6 Å². The first-order chi connectivity index (χ1) is 11.6. The van der Waals surface area contributed by atoms with Gasteiger partial charge < -0.3 is 14.7 Å². The summed E-state index contributed by atoms with van der Waals surface area (Å²) < 4.78 is 32.7. The van der Waals surface area contributed by atoms with Crippen molar-refractivity contribution in [1.82, 2.24) is 14.5 Å². The Kier molecular flexibility index (Phi) is 5.35. The minimum absolute atomic E-state index is 0.0790. The fraction of sp³-hybridized carbons (Fsp3) is 0.133. The molecule has 3 rings (SSSR count). The van der Waals surface area contributed by atoms with E-state index in [0.29, 0.717) is 17.7 Å². The third kappa shape index (κ3) is 5.26. The molecule has 3 aromatic heterocycles. The van der Waals surface area contributed by atoms with Crippen molar-refractivity contribution in [3.63, 3.8) is 0 Å². The topological polar surface area (TPSA) is 141 Å². The van der Waals surface area contributed by atoms with Crippen LogP contribution in [0.25, 0.3) is 22.6 Å². The van der Waals surface area contributed by atoms with E-state index in [9.17, 15) is 13.2 Å². The highest BCUT2D eigenvalue weighted by atomic mass is 32.2. The predicted octanol–water partition coefficient (Wildman–Crippen LogP) is 1.19. The summed E-state index contributed by atoms with van der Waals surface area (Å²) in [6.45, 7) is 0. The van der Waals surface area contributed by atoms with Crippen molar-refractivity contribution < 1.29 is 17.4 Å². The molecular formula is C15H16N4O5S. The molecular weight excluding hydrogens is 348 g/mol. The molecule has 0 saturated heterocycles. The quantitative estimate of drug-likeness (QED) is 0.646. The molecule has 3 aromatic rings. The largest absolute Gasteiger partial charge is 0.463 e. The Balaban J connectivity index is 0.000000399. The number of hydrogen-bond donors (Lipinski definition) is 2. The lowest BCUT2D eigenvalue weighted by atomic mass is 10.1. The minimum Gasteiger partial charge on any atom is -0.463 e. The van der Waals surface area contributed by atoms with Gasteiger partial charge in [0.25, 0.3) is 10.1 Å². The number of aryl methyl sites for hydroxylation is 1. The van der Waals surface area contributed by atoms with Crippen LogP contribution in [0.15, 0.2) is 52.1 Å². The zero-order valence-electron chi connectivity index (χ0n) is 13.4.